The average molecular weight is 520 g/mol. The SMILES string of the molecule is CCOc1cc(C=NNC(=O)CCNC(=O)c2ccccc2)ccc1OC(=O)c1ccc(OC)c(OC)c1. The highest BCUT2D eigenvalue weighted by Gasteiger charge is 2.16. The van der Waals surface area contributed by atoms with Gasteiger partial charge in [-0.3, -0.25) is 9.59 Å². The molecule has 0 aliphatic heterocycles. The Kier molecular flexibility index (Phi) is 10.2. The number of amides is 2. The highest BCUT2D eigenvalue weighted by molar-refractivity contribution is 5.94. The van der Waals surface area contributed by atoms with Gasteiger partial charge in [0.15, 0.2) is 23.0 Å². The number of esters is 1. The molecule has 0 saturated carbocycles. The summed E-state index contributed by atoms with van der Waals surface area (Å²) in [4.78, 5) is 36.8. The lowest BCUT2D eigenvalue weighted by Gasteiger charge is -2.12. The largest absolute Gasteiger partial charge is 0.493 e. The highest BCUT2D eigenvalue weighted by atomic mass is 16.6. The summed E-state index contributed by atoms with van der Waals surface area (Å²) in [5.41, 5.74) is 3.82. The summed E-state index contributed by atoms with van der Waals surface area (Å²) in [6.07, 6.45) is 1.49. The van der Waals surface area contributed by atoms with E-state index in [-0.39, 0.29) is 36.1 Å². The quantitative estimate of drug-likeness (QED) is 0.162. The third-order valence-electron chi connectivity index (χ3n) is 5.17. The predicted octanol–water partition coefficient (Wildman–Crippen LogP) is 3.59. The van der Waals surface area contributed by atoms with Crippen LogP contribution in [0.25, 0.3) is 0 Å². The monoisotopic (exact) mass is 519 g/mol. The summed E-state index contributed by atoms with van der Waals surface area (Å²) < 4.78 is 21.6. The number of benzene rings is 3. The lowest BCUT2D eigenvalue weighted by atomic mass is 10.2. The van der Waals surface area contributed by atoms with E-state index in [0.29, 0.717) is 35.0 Å². The minimum Gasteiger partial charge on any atom is -0.493 e. The summed E-state index contributed by atoms with van der Waals surface area (Å²) >= 11 is 0. The Bertz CT molecular complexity index is 1290. The molecule has 10 heteroatoms. The molecule has 0 spiro atoms. The van der Waals surface area contributed by atoms with Gasteiger partial charge in [0.2, 0.25) is 5.91 Å². The predicted molar refractivity (Wildman–Crippen MR) is 141 cm³/mol. The van der Waals surface area contributed by atoms with E-state index in [0.717, 1.165) is 0 Å². The first-order valence-electron chi connectivity index (χ1n) is 11.8. The number of hydrogen-bond donors (Lipinski definition) is 2. The van der Waals surface area contributed by atoms with Crippen molar-refractivity contribution in [2.75, 3.05) is 27.4 Å². The Morgan fingerprint density at radius 3 is 2.29 bits per heavy atom. The van der Waals surface area contributed by atoms with Crippen molar-refractivity contribution < 1.29 is 33.3 Å². The van der Waals surface area contributed by atoms with Crippen LogP contribution in [0.3, 0.4) is 0 Å². The van der Waals surface area contributed by atoms with Crippen molar-refractivity contribution in [2.24, 2.45) is 5.10 Å². The Labute approximate surface area is 220 Å². The Morgan fingerprint density at radius 2 is 1.58 bits per heavy atom. The molecule has 0 atom stereocenters. The van der Waals surface area contributed by atoms with Gasteiger partial charge in [-0.2, -0.15) is 5.10 Å². The fourth-order valence-electron chi connectivity index (χ4n) is 3.30. The fraction of sp³-hybridized carbons (Fsp3) is 0.214. The van der Waals surface area contributed by atoms with Crippen molar-refractivity contribution in [3.05, 3.63) is 83.4 Å². The van der Waals surface area contributed by atoms with Crippen molar-refractivity contribution in [1.29, 1.82) is 0 Å². The number of methoxy groups -OCH3 is 2. The molecule has 38 heavy (non-hydrogen) atoms. The molecule has 10 nitrogen and oxygen atoms in total. The van der Waals surface area contributed by atoms with E-state index in [1.165, 1.54) is 26.5 Å². The summed E-state index contributed by atoms with van der Waals surface area (Å²) in [5.74, 6) is 0.241. The van der Waals surface area contributed by atoms with Crippen molar-refractivity contribution in [3.8, 4) is 23.0 Å². The topological polar surface area (TPSA) is 125 Å². The van der Waals surface area contributed by atoms with Crippen LogP contribution in [-0.4, -0.2) is 51.4 Å². The molecule has 3 aromatic carbocycles. The molecule has 2 N–H and O–H groups in total. The molecular weight excluding hydrogens is 490 g/mol. The van der Waals surface area contributed by atoms with Crippen LogP contribution in [0, 0.1) is 0 Å². The smallest absolute Gasteiger partial charge is 0.343 e. The van der Waals surface area contributed by atoms with Crippen molar-refractivity contribution in [2.45, 2.75) is 13.3 Å². The summed E-state index contributed by atoms with van der Waals surface area (Å²) in [7, 11) is 2.99. The van der Waals surface area contributed by atoms with Crippen molar-refractivity contribution in [3.63, 3.8) is 0 Å². The van der Waals surface area contributed by atoms with E-state index in [4.69, 9.17) is 18.9 Å². The van der Waals surface area contributed by atoms with E-state index in [1.54, 1.807) is 61.5 Å². The summed E-state index contributed by atoms with van der Waals surface area (Å²) in [6.45, 7) is 2.31. The summed E-state index contributed by atoms with van der Waals surface area (Å²) in [6, 6.07) is 18.3. The lowest BCUT2D eigenvalue weighted by Crippen LogP contribution is -2.28. The molecule has 0 bridgehead atoms. The average Bonchev–Trinajstić information content (AvgIpc) is 2.94. The van der Waals surface area contributed by atoms with Gasteiger partial charge in [0.05, 0.1) is 32.6 Å². The van der Waals surface area contributed by atoms with Gasteiger partial charge in [-0.05, 0) is 61.0 Å². The first-order valence-corrected chi connectivity index (χ1v) is 11.8. The molecule has 0 aromatic heterocycles. The van der Waals surface area contributed by atoms with Crippen LogP contribution < -0.4 is 29.7 Å². The van der Waals surface area contributed by atoms with Gasteiger partial charge in [-0.1, -0.05) is 18.2 Å². The van der Waals surface area contributed by atoms with Crippen LogP contribution >= 0.6 is 0 Å². The van der Waals surface area contributed by atoms with E-state index in [9.17, 15) is 14.4 Å². The third kappa shape index (κ3) is 7.82. The van der Waals surface area contributed by atoms with Crippen LogP contribution in [0.1, 0.15) is 39.6 Å². The normalized spacial score (nSPS) is 10.5. The fourth-order valence-corrected chi connectivity index (χ4v) is 3.30. The number of carbonyl (C=O) groups is 3. The van der Waals surface area contributed by atoms with Crippen LogP contribution in [0.5, 0.6) is 23.0 Å². The second-order valence-corrected chi connectivity index (χ2v) is 7.76. The first kappa shape index (κ1) is 27.7. The molecule has 3 aromatic rings. The molecule has 2 amide bonds. The lowest BCUT2D eigenvalue weighted by molar-refractivity contribution is -0.120. The molecule has 0 saturated heterocycles. The van der Waals surface area contributed by atoms with Crippen LogP contribution in [0.2, 0.25) is 0 Å². The van der Waals surface area contributed by atoms with Gasteiger partial charge in [-0.25, -0.2) is 10.2 Å². The molecule has 0 aliphatic carbocycles. The van der Waals surface area contributed by atoms with E-state index < -0.39 is 5.97 Å². The number of hydrazone groups is 1. The van der Waals surface area contributed by atoms with Gasteiger partial charge in [-0.15, -0.1) is 0 Å². The Hall–Kier alpha value is -4.86. The van der Waals surface area contributed by atoms with Gasteiger partial charge in [0.1, 0.15) is 0 Å². The number of carbonyl (C=O) groups excluding carboxylic acids is 3. The minimum absolute atomic E-state index is 0.0607. The third-order valence-corrected chi connectivity index (χ3v) is 5.17. The van der Waals surface area contributed by atoms with Crippen molar-refractivity contribution >= 4 is 24.0 Å². The van der Waals surface area contributed by atoms with Gasteiger partial charge in [0.25, 0.3) is 5.91 Å². The summed E-state index contributed by atoms with van der Waals surface area (Å²) in [5, 5.41) is 6.63. The molecule has 0 radical (unpaired) electrons. The standard InChI is InChI=1S/C28H29N3O7/c1-4-37-25-16-19(18-30-31-26(32)14-15-29-27(33)20-8-6-5-7-9-20)10-12-23(25)38-28(34)21-11-13-22(35-2)24(17-21)36-3/h5-13,16-18H,4,14-15H2,1-3H3,(H,29,33)(H,31,32). The second-order valence-electron chi connectivity index (χ2n) is 7.76. The number of ether oxygens (including phenoxy) is 4. The first-order chi connectivity index (χ1) is 18.4. The number of nitrogens with one attached hydrogen (secondary N) is 2. The Balaban J connectivity index is 1.56. The maximum atomic E-state index is 12.7. The minimum atomic E-state index is -0.597. The molecule has 0 unspecified atom stereocenters. The molecule has 0 fully saturated rings. The van der Waals surface area contributed by atoms with Crippen molar-refractivity contribution in [1.82, 2.24) is 10.7 Å². The molecule has 198 valence electrons. The molecule has 0 aliphatic rings. The molecule has 0 heterocycles. The highest BCUT2D eigenvalue weighted by Crippen LogP contribution is 2.31. The zero-order valence-corrected chi connectivity index (χ0v) is 21.4. The molecule has 3 rings (SSSR count). The number of nitrogens with zero attached hydrogens (tertiary/aromatic N) is 1. The van der Waals surface area contributed by atoms with E-state index in [2.05, 4.69) is 15.8 Å². The van der Waals surface area contributed by atoms with Gasteiger partial charge in [0, 0.05) is 18.5 Å². The Morgan fingerprint density at radius 1 is 0.842 bits per heavy atom. The van der Waals surface area contributed by atoms with Crippen LogP contribution in [0.4, 0.5) is 0 Å². The number of rotatable bonds is 12. The molecular formula is C28H29N3O7. The maximum absolute atomic E-state index is 12.7. The van der Waals surface area contributed by atoms with E-state index >= 15 is 0 Å². The van der Waals surface area contributed by atoms with Crippen LogP contribution in [-0.2, 0) is 4.79 Å². The second kappa shape index (κ2) is 14.0. The van der Waals surface area contributed by atoms with Gasteiger partial charge < -0.3 is 24.3 Å². The van der Waals surface area contributed by atoms with Crippen LogP contribution in [0.15, 0.2) is 71.8 Å². The zero-order valence-electron chi connectivity index (χ0n) is 21.4. The van der Waals surface area contributed by atoms with E-state index in [1.807, 2.05) is 6.07 Å². The zero-order chi connectivity index (χ0) is 27.3. The maximum Gasteiger partial charge on any atom is 0.343 e. The van der Waals surface area contributed by atoms with Gasteiger partial charge >= 0.3 is 5.97 Å². The number of hydrogen-bond acceptors (Lipinski definition) is 8.